The molecule has 29 heavy (non-hydrogen) atoms. The van der Waals surface area contributed by atoms with Crippen molar-refractivity contribution < 1.29 is 27.2 Å². The van der Waals surface area contributed by atoms with E-state index in [9.17, 15) is 0 Å². The predicted molar refractivity (Wildman–Crippen MR) is 123 cm³/mol. The van der Waals surface area contributed by atoms with E-state index >= 15 is 0 Å². The average molecular weight is 454 g/mol. The van der Waals surface area contributed by atoms with Gasteiger partial charge in [-0.05, 0) is 65.7 Å². The summed E-state index contributed by atoms with van der Waals surface area (Å²) >= 11 is 0. The Hall–Kier alpha value is 0.154. The zero-order valence-electron chi connectivity index (χ0n) is 19.8. The van der Waals surface area contributed by atoms with Crippen LogP contribution in [-0.4, -0.2) is 83.1 Å². The van der Waals surface area contributed by atoms with E-state index in [1.54, 1.807) is 0 Å². The van der Waals surface area contributed by atoms with Crippen LogP contribution in [0.25, 0.3) is 0 Å². The molecule has 0 aliphatic carbocycles. The summed E-state index contributed by atoms with van der Waals surface area (Å²) < 4.78 is 34.7. The summed E-state index contributed by atoms with van der Waals surface area (Å²) in [5.74, 6) is 0. The lowest BCUT2D eigenvalue weighted by atomic mass is 10.5. The molecular weight excluding hydrogens is 406 g/mol. The Kier molecular flexibility index (Phi) is 19.0. The van der Waals surface area contributed by atoms with E-state index in [-0.39, 0.29) is 0 Å². The highest BCUT2D eigenvalue weighted by atomic mass is 28.4. The monoisotopic (exact) mass is 453 g/mol. The summed E-state index contributed by atoms with van der Waals surface area (Å²) in [5, 5.41) is 3.35. The van der Waals surface area contributed by atoms with Crippen molar-refractivity contribution in [1.29, 1.82) is 0 Å². The number of ether oxygens (including phenoxy) is 2. The minimum atomic E-state index is -1.99. The molecular formula is C20H47NO6Si2. The third-order valence-electron chi connectivity index (χ3n) is 4.48. The summed E-state index contributed by atoms with van der Waals surface area (Å²) in [6.07, 6.45) is 1.97. The van der Waals surface area contributed by atoms with Crippen LogP contribution in [0, 0.1) is 0 Å². The maximum atomic E-state index is 5.84. The Morgan fingerprint density at radius 1 is 0.552 bits per heavy atom. The second-order valence-corrected chi connectivity index (χ2v) is 13.9. The minimum Gasteiger partial charge on any atom is -0.395 e. The van der Waals surface area contributed by atoms with E-state index in [0.29, 0.717) is 13.2 Å². The second kappa shape index (κ2) is 18.9. The van der Waals surface area contributed by atoms with E-state index in [1.807, 2.05) is 27.7 Å². The molecule has 0 heterocycles. The molecule has 0 aromatic heterocycles. The molecule has 0 radical (unpaired) electrons. The van der Waals surface area contributed by atoms with Crippen LogP contribution in [0.1, 0.15) is 40.5 Å². The first kappa shape index (κ1) is 29.2. The number of rotatable bonds is 22. The Balaban J connectivity index is 3.51. The van der Waals surface area contributed by atoms with Crippen LogP contribution in [0.5, 0.6) is 0 Å². The first-order valence-electron chi connectivity index (χ1n) is 11.4. The van der Waals surface area contributed by atoms with Crippen LogP contribution < -0.4 is 5.32 Å². The summed E-state index contributed by atoms with van der Waals surface area (Å²) in [7, 11) is -3.99. The topological polar surface area (TPSA) is 67.4 Å². The van der Waals surface area contributed by atoms with Gasteiger partial charge in [0.15, 0.2) is 0 Å². The summed E-state index contributed by atoms with van der Waals surface area (Å²) in [6.45, 7) is 19.9. The van der Waals surface area contributed by atoms with E-state index in [0.717, 1.165) is 77.7 Å². The normalized spacial score (nSPS) is 12.6. The van der Waals surface area contributed by atoms with Crippen LogP contribution in [-0.2, 0) is 27.2 Å². The highest BCUT2D eigenvalue weighted by Gasteiger charge is 2.30. The molecule has 0 spiro atoms. The number of hydrogen-bond donors (Lipinski definition) is 1. The van der Waals surface area contributed by atoms with Crippen molar-refractivity contribution in [2.45, 2.75) is 65.7 Å². The third-order valence-corrected chi connectivity index (χ3v) is 10.6. The van der Waals surface area contributed by atoms with E-state index in [2.05, 4.69) is 18.4 Å². The first-order valence-corrected chi connectivity index (χ1v) is 16.4. The lowest BCUT2D eigenvalue weighted by Gasteiger charge is -2.25. The molecule has 0 aliphatic heterocycles. The van der Waals surface area contributed by atoms with Gasteiger partial charge in [-0.3, -0.25) is 0 Å². The minimum absolute atomic E-state index is 0.716. The van der Waals surface area contributed by atoms with Crippen molar-refractivity contribution in [3.63, 3.8) is 0 Å². The molecule has 0 aromatic rings. The zero-order chi connectivity index (χ0) is 21.8. The van der Waals surface area contributed by atoms with Gasteiger partial charge in [0, 0.05) is 52.7 Å². The van der Waals surface area contributed by atoms with Gasteiger partial charge >= 0.3 is 17.1 Å². The van der Waals surface area contributed by atoms with Gasteiger partial charge in [-0.15, -0.1) is 0 Å². The van der Waals surface area contributed by atoms with Crippen molar-refractivity contribution in [2.75, 3.05) is 65.9 Å². The Morgan fingerprint density at radius 2 is 0.897 bits per heavy atom. The third kappa shape index (κ3) is 16.5. The largest absolute Gasteiger partial charge is 0.395 e. The van der Waals surface area contributed by atoms with Gasteiger partial charge in [-0.25, -0.2) is 0 Å². The van der Waals surface area contributed by atoms with Crippen LogP contribution in [0.4, 0.5) is 0 Å². The Bertz CT molecular complexity index is 322. The maximum absolute atomic E-state index is 5.84. The van der Waals surface area contributed by atoms with Crippen LogP contribution in [0.3, 0.4) is 0 Å². The lowest BCUT2D eigenvalue weighted by Crippen LogP contribution is -2.39. The fraction of sp³-hybridized carbons (Fsp3) is 1.00. The number of hydrogen-bond acceptors (Lipinski definition) is 7. The molecule has 1 N–H and O–H groups in total. The molecule has 176 valence electrons. The standard InChI is InChI=1S/C20H47NO6Si2/c1-7-24-28(5,25-8-2)19-11-15-22-17-13-21-14-18-23-16-12-20-29(6,26-9-3)27-10-4/h21H,7-20H2,1-6H3. The quantitative estimate of drug-likeness (QED) is 0.198. The molecule has 7 nitrogen and oxygen atoms in total. The van der Waals surface area contributed by atoms with Crippen molar-refractivity contribution in [3.8, 4) is 0 Å². The van der Waals surface area contributed by atoms with Gasteiger partial charge in [0.2, 0.25) is 0 Å². The van der Waals surface area contributed by atoms with E-state index in [4.69, 9.17) is 27.2 Å². The molecule has 0 unspecified atom stereocenters. The van der Waals surface area contributed by atoms with E-state index < -0.39 is 17.1 Å². The number of nitrogens with one attached hydrogen (secondary N) is 1. The molecule has 0 aliphatic rings. The fourth-order valence-corrected chi connectivity index (χ4v) is 7.96. The van der Waals surface area contributed by atoms with Crippen LogP contribution >= 0.6 is 0 Å². The predicted octanol–water partition coefficient (Wildman–Crippen LogP) is 3.68. The molecule has 9 heteroatoms. The molecule has 0 atom stereocenters. The summed E-state index contributed by atoms with van der Waals surface area (Å²) in [6, 6.07) is 1.95. The van der Waals surface area contributed by atoms with E-state index in [1.165, 1.54) is 0 Å². The molecule has 0 amide bonds. The first-order chi connectivity index (χ1) is 13.9. The van der Waals surface area contributed by atoms with Crippen molar-refractivity contribution >= 4 is 17.1 Å². The molecule has 0 rings (SSSR count). The molecule has 0 aromatic carbocycles. The summed E-state index contributed by atoms with van der Waals surface area (Å²) in [5.41, 5.74) is 0. The SMILES string of the molecule is CCO[Si](C)(CCCOCCNCCOCCC[Si](C)(OCC)OCC)OCC. The van der Waals surface area contributed by atoms with Gasteiger partial charge in [-0.2, -0.15) is 0 Å². The fourth-order valence-electron chi connectivity index (χ4n) is 3.20. The highest BCUT2D eigenvalue weighted by molar-refractivity contribution is 6.66. The zero-order valence-corrected chi connectivity index (χ0v) is 21.8. The Morgan fingerprint density at radius 3 is 1.21 bits per heavy atom. The highest BCUT2D eigenvalue weighted by Crippen LogP contribution is 2.16. The van der Waals surface area contributed by atoms with Crippen LogP contribution in [0.15, 0.2) is 0 Å². The lowest BCUT2D eigenvalue weighted by molar-refractivity contribution is 0.117. The molecule has 0 bridgehead atoms. The average Bonchev–Trinajstić information content (AvgIpc) is 2.66. The maximum Gasteiger partial charge on any atom is 0.334 e. The van der Waals surface area contributed by atoms with Crippen LogP contribution in [0.2, 0.25) is 25.2 Å². The van der Waals surface area contributed by atoms with Crippen molar-refractivity contribution in [1.82, 2.24) is 5.32 Å². The molecule has 0 fully saturated rings. The summed E-state index contributed by atoms with van der Waals surface area (Å²) in [4.78, 5) is 0. The van der Waals surface area contributed by atoms with Gasteiger partial charge in [0.25, 0.3) is 0 Å². The smallest absolute Gasteiger partial charge is 0.334 e. The Labute approximate surface area is 181 Å². The van der Waals surface area contributed by atoms with Gasteiger partial charge in [0.05, 0.1) is 13.2 Å². The van der Waals surface area contributed by atoms with Crippen molar-refractivity contribution in [3.05, 3.63) is 0 Å². The van der Waals surface area contributed by atoms with Crippen molar-refractivity contribution in [2.24, 2.45) is 0 Å². The van der Waals surface area contributed by atoms with Gasteiger partial charge in [-0.1, -0.05) is 0 Å². The van der Waals surface area contributed by atoms with Gasteiger partial charge in [0.1, 0.15) is 0 Å². The molecule has 0 saturated carbocycles. The van der Waals surface area contributed by atoms with Gasteiger partial charge < -0.3 is 32.5 Å². The molecule has 0 saturated heterocycles. The second-order valence-electron chi connectivity index (χ2n) is 7.18.